The number of carbonyl (C=O) groups is 1. The van der Waals surface area contributed by atoms with Gasteiger partial charge in [-0.2, -0.15) is 0 Å². The SMILES string of the molecule is O=C(c1ccccc1)c1ccc(NCCCN2CCOCC2)c([N+](=O)[O-])c1. The van der Waals surface area contributed by atoms with Crippen molar-refractivity contribution in [1.82, 2.24) is 4.90 Å². The van der Waals surface area contributed by atoms with E-state index in [9.17, 15) is 14.9 Å². The molecule has 1 N–H and O–H groups in total. The Morgan fingerprint density at radius 1 is 1.11 bits per heavy atom. The van der Waals surface area contributed by atoms with E-state index in [1.165, 1.54) is 6.07 Å². The molecule has 0 aliphatic carbocycles. The normalized spacial score (nSPS) is 14.7. The molecule has 1 saturated heterocycles. The Hall–Kier alpha value is -2.77. The fourth-order valence-electron chi connectivity index (χ4n) is 3.08. The van der Waals surface area contributed by atoms with Gasteiger partial charge in [-0.15, -0.1) is 0 Å². The average molecular weight is 369 g/mol. The molecule has 7 heteroatoms. The monoisotopic (exact) mass is 369 g/mol. The van der Waals surface area contributed by atoms with Gasteiger partial charge < -0.3 is 10.1 Å². The summed E-state index contributed by atoms with van der Waals surface area (Å²) in [5.41, 5.74) is 1.18. The van der Waals surface area contributed by atoms with Crippen LogP contribution in [-0.2, 0) is 4.74 Å². The number of ketones is 1. The highest BCUT2D eigenvalue weighted by Gasteiger charge is 2.18. The molecule has 0 saturated carbocycles. The zero-order valence-electron chi connectivity index (χ0n) is 15.1. The molecular formula is C20H23N3O4. The van der Waals surface area contributed by atoms with Gasteiger partial charge in [0.15, 0.2) is 5.78 Å². The third kappa shape index (κ3) is 5.12. The molecule has 2 aromatic rings. The molecule has 2 aromatic carbocycles. The number of benzene rings is 2. The number of ether oxygens (including phenoxy) is 1. The molecule has 0 spiro atoms. The molecule has 0 aromatic heterocycles. The van der Waals surface area contributed by atoms with Crippen molar-refractivity contribution in [3.05, 3.63) is 69.8 Å². The van der Waals surface area contributed by atoms with E-state index in [4.69, 9.17) is 4.74 Å². The molecule has 1 heterocycles. The van der Waals surface area contributed by atoms with Crippen molar-refractivity contribution in [1.29, 1.82) is 0 Å². The zero-order chi connectivity index (χ0) is 19.1. The Morgan fingerprint density at radius 2 is 1.85 bits per heavy atom. The summed E-state index contributed by atoms with van der Waals surface area (Å²) in [5, 5.41) is 14.6. The Kier molecular flexibility index (Phi) is 6.51. The first kappa shape index (κ1) is 19.0. The number of nitrogens with one attached hydrogen (secondary N) is 1. The van der Waals surface area contributed by atoms with Gasteiger partial charge in [-0.3, -0.25) is 19.8 Å². The summed E-state index contributed by atoms with van der Waals surface area (Å²) in [7, 11) is 0. The van der Waals surface area contributed by atoms with Crippen LogP contribution in [0.3, 0.4) is 0 Å². The third-order valence-electron chi connectivity index (χ3n) is 4.56. The van der Waals surface area contributed by atoms with E-state index in [1.54, 1.807) is 36.4 Å². The first-order valence-electron chi connectivity index (χ1n) is 9.07. The van der Waals surface area contributed by atoms with E-state index in [0.29, 0.717) is 23.4 Å². The second-order valence-electron chi connectivity index (χ2n) is 6.42. The summed E-state index contributed by atoms with van der Waals surface area (Å²) >= 11 is 0. The van der Waals surface area contributed by atoms with Gasteiger partial charge in [0, 0.05) is 36.8 Å². The van der Waals surface area contributed by atoms with Gasteiger partial charge in [-0.25, -0.2) is 0 Å². The molecule has 142 valence electrons. The number of hydrogen-bond acceptors (Lipinski definition) is 6. The van der Waals surface area contributed by atoms with Gasteiger partial charge in [-0.05, 0) is 25.1 Å². The van der Waals surface area contributed by atoms with Crippen molar-refractivity contribution in [2.45, 2.75) is 6.42 Å². The number of nitro groups is 1. The second kappa shape index (κ2) is 9.25. The quantitative estimate of drug-likeness (QED) is 0.333. The summed E-state index contributed by atoms with van der Waals surface area (Å²) < 4.78 is 5.32. The predicted octanol–water partition coefficient (Wildman–Crippen LogP) is 2.96. The first-order chi connectivity index (χ1) is 13.1. The van der Waals surface area contributed by atoms with Crippen LogP contribution in [0.5, 0.6) is 0 Å². The van der Waals surface area contributed by atoms with Gasteiger partial charge in [0.25, 0.3) is 5.69 Å². The molecule has 1 fully saturated rings. The van der Waals surface area contributed by atoms with Crippen LogP contribution in [0.1, 0.15) is 22.3 Å². The van der Waals surface area contributed by atoms with E-state index < -0.39 is 4.92 Å². The van der Waals surface area contributed by atoms with Crippen molar-refractivity contribution < 1.29 is 14.5 Å². The van der Waals surface area contributed by atoms with Crippen molar-refractivity contribution in [3.8, 4) is 0 Å². The minimum Gasteiger partial charge on any atom is -0.379 e. The summed E-state index contributed by atoms with van der Waals surface area (Å²) in [5.74, 6) is -0.224. The number of anilines is 1. The fourth-order valence-corrected chi connectivity index (χ4v) is 3.08. The van der Waals surface area contributed by atoms with E-state index >= 15 is 0 Å². The van der Waals surface area contributed by atoms with Crippen LogP contribution in [0.4, 0.5) is 11.4 Å². The van der Waals surface area contributed by atoms with Crippen molar-refractivity contribution in [3.63, 3.8) is 0 Å². The van der Waals surface area contributed by atoms with Crippen LogP contribution in [-0.4, -0.2) is 55.0 Å². The minimum absolute atomic E-state index is 0.0804. The van der Waals surface area contributed by atoms with Crippen LogP contribution < -0.4 is 5.32 Å². The van der Waals surface area contributed by atoms with Crippen LogP contribution in [0.15, 0.2) is 48.5 Å². The summed E-state index contributed by atoms with van der Waals surface area (Å²) in [6, 6.07) is 13.4. The molecule has 1 aliphatic rings. The smallest absolute Gasteiger partial charge is 0.293 e. The molecule has 0 radical (unpaired) electrons. The molecule has 0 amide bonds. The Balaban J connectivity index is 1.63. The lowest BCUT2D eigenvalue weighted by atomic mass is 10.0. The van der Waals surface area contributed by atoms with Gasteiger partial charge in [0.05, 0.1) is 18.1 Å². The topological polar surface area (TPSA) is 84.7 Å². The first-order valence-corrected chi connectivity index (χ1v) is 9.07. The predicted molar refractivity (Wildman–Crippen MR) is 103 cm³/mol. The van der Waals surface area contributed by atoms with Gasteiger partial charge in [0.2, 0.25) is 0 Å². The fraction of sp³-hybridized carbons (Fsp3) is 0.350. The highest BCUT2D eigenvalue weighted by Crippen LogP contribution is 2.26. The average Bonchev–Trinajstić information content (AvgIpc) is 2.72. The number of hydrogen-bond donors (Lipinski definition) is 1. The molecule has 0 atom stereocenters. The Morgan fingerprint density at radius 3 is 2.56 bits per heavy atom. The second-order valence-corrected chi connectivity index (χ2v) is 6.42. The number of nitro benzene ring substituents is 1. The maximum Gasteiger partial charge on any atom is 0.293 e. The molecule has 0 unspecified atom stereocenters. The maximum absolute atomic E-state index is 12.5. The lowest BCUT2D eigenvalue weighted by Crippen LogP contribution is -2.37. The maximum atomic E-state index is 12.5. The van der Waals surface area contributed by atoms with Crippen molar-refractivity contribution >= 4 is 17.2 Å². The minimum atomic E-state index is -0.452. The van der Waals surface area contributed by atoms with Crippen LogP contribution in [0, 0.1) is 10.1 Å². The summed E-state index contributed by atoms with van der Waals surface area (Å²) in [6.45, 7) is 4.93. The van der Waals surface area contributed by atoms with Crippen LogP contribution in [0.25, 0.3) is 0 Å². The highest BCUT2D eigenvalue weighted by molar-refractivity contribution is 6.09. The largest absolute Gasteiger partial charge is 0.379 e. The van der Waals surface area contributed by atoms with E-state index in [-0.39, 0.29) is 11.5 Å². The lowest BCUT2D eigenvalue weighted by molar-refractivity contribution is -0.384. The van der Waals surface area contributed by atoms with Crippen molar-refractivity contribution in [2.24, 2.45) is 0 Å². The highest BCUT2D eigenvalue weighted by atomic mass is 16.6. The Bertz CT molecular complexity index is 789. The standard InChI is InChI=1S/C20H23N3O4/c24-20(16-5-2-1-3-6-16)17-7-8-18(19(15-17)23(25)26)21-9-4-10-22-11-13-27-14-12-22/h1-3,5-8,15,21H,4,9-14H2. The van der Waals surface area contributed by atoms with Crippen LogP contribution in [0.2, 0.25) is 0 Å². The van der Waals surface area contributed by atoms with Crippen LogP contribution >= 0.6 is 0 Å². The van der Waals surface area contributed by atoms with E-state index in [1.807, 2.05) is 6.07 Å². The summed E-state index contributed by atoms with van der Waals surface area (Å²) in [6.07, 6.45) is 0.877. The lowest BCUT2D eigenvalue weighted by Gasteiger charge is -2.26. The van der Waals surface area contributed by atoms with E-state index in [0.717, 1.165) is 39.3 Å². The molecule has 3 rings (SSSR count). The van der Waals surface area contributed by atoms with Gasteiger partial charge in [0.1, 0.15) is 5.69 Å². The zero-order valence-corrected chi connectivity index (χ0v) is 15.1. The van der Waals surface area contributed by atoms with Crippen molar-refractivity contribution in [2.75, 3.05) is 44.7 Å². The number of rotatable bonds is 8. The molecular weight excluding hydrogens is 346 g/mol. The van der Waals surface area contributed by atoms with E-state index in [2.05, 4.69) is 10.2 Å². The Labute approximate surface area is 158 Å². The summed E-state index contributed by atoms with van der Waals surface area (Å²) in [4.78, 5) is 25.8. The number of carbonyl (C=O) groups excluding carboxylic acids is 1. The molecule has 7 nitrogen and oxygen atoms in total. The van der Waals surface area contributed by atoms with Gasteiger partial charge >= 0.3 is 0 Å². The number of morpholine rings is 1. The third-order valence-corrected chi connectivity index (χ3v) is 4.56. The molecule has 27 heavy (non-hydrogen) atoms. The molecule has 0 bridgehead atoms. The number of nitrogens with zero attached hydrogens (tertiary/aromatic N) is 2. The molecule has 1 aliphatic heterocycles. The van der Waals surface area contributed by atoms with Gasteiger partial charge in [-0.1, -0.05) is 30.3 Å².